The first-order chi connectivity index (χ1) is 13.0. The van der Waals surface area contributed by atoms with Crippen LogP contribution in [0.2, 0.25) is 0 Å². The zero-order valence-corrected chi connectivity index (χ0v) is 13.8. The Morgan fingerprint density at radius 1 is 1.11 bits per heavy atom. The van der Waals surface area contributed by atoms with E-state index in [-0.39, 0.29) is 16.8 Å². The number of nitrogens with zero attached hydrogens (tertiary/aromatic N) is 2. The Morgan fingerprint density at radius 3 is 2.56 bits per heavy atom. The normalized spacial score (nSPS) is 11.0. The average molecular weight is 360 g/mol. The van der Waals surface area contributed by atoms with Crippen LogP contribution in [0.15, 0.2) is 65.1 Å². The fourth-order valence-electron chi connectivity index (χ4n) is 2.50. The lowest BCUT2D eigenvalue weighted by atomic mass is 10.1. The van der Waals surface area contributed by atoms with E-state index in [1.54, 1.807) is 30.3 Å². The van der Waals surface area contributed by atoms with Crippen LogP contribution in [0.3, 0.4) is 0 Å². The molecular weight excluding hydrogens is 348 g/mol. The van der Waals surface area contributed by atoms with Crippen LogP contribution in [0.5, 0.6) is 0 Å². The third kappa shape index (κ3) is 3.91. The minimum Gasteiger partial charge on any atom is -0.478 e. The quantitative estimate of drug-likeness (QED) is 0.403. The number of carbonyl (C=O) groups is 1. The van der Waals surface area contributed by atoms with Crippen molar-refractivity contribution in [2.24, 2.45) is 0 Å². The second kappa shape index (κ2) is 7.37. The fraction of sp³-hybridized carbons (Fsp3) is 0. The molecule has 7 heteroatoms. The van der Waals surface area contributed by atoms with E-state index in [9.17, 15) is 20.2 Å². The second-order valence-corrected chi connectivity index (χ2v) is 5.57. The maximum Gasteiger partial charge on any atom is 0.335 e. The van der Waals surface area contributed by atoms with Crippen LogP contribution in [0.25, 0.3) is 23.0 Å². The van der Waals surface area contributed by atoms with E-state index in [0.29, 0.717) is 22.6 Å². The lowest BCUT2D eigenvalue weighted by Crippen LogP contribution is -1.95. The number of hydrogen-bond acceptors (Lipinski definition) is 5. The summed E-state index contributed by atoms with van der Waals surface area (Å²) in [5.41, 5.74) is 1.22. The molecular formula is C20H12N2O5. The van der Waals surface area contributed by atoms with Crippen molar-refractivity contribution in [1.82, 2.24) is 0 Å². The molecule has 132 valence electrons. The number of rotatable bonds is 5. The highest BCUT2D eigenvalue weighted by atomic mass is 16.6. The molecule has 7 nitrogen and oxygen atoms in total. The Balaban J connectivity index is 1.95. The number of furan rings is 1. The lowest BCUT2D eigenvalue weighted by Gasteiger charge is -2.00. The molecule has 27 heavy (non-hydrogen) atoms. The number of hydrogen-bond donors (Lipinski definition) is 1. The van der Waals surface area contributed by atoms with Crippen molar-refractivity contribution in [3.05, 3.63) is 87.7 Å². The van der Waals surface area contributed by atoms with Gasteiger partial charge in [-0.05, 0) is 35.9 Å². The van der Waals surface area contributed by atoms with Crippen LogP contribution in [-0.2, 0) is 0 Å². The van der Waals surface area contributed by atoms with Crippen LogP contribution in [-0.4, -0.2) is 16.0 Å². The lowest BCUT2D eigenvalue weighted by molar-refractivity contribution is -0.384. The molecule has 2 aromatic carbocycles. The van der Waals surface area contributed by atoms with Crippen LogP contribution in [0, 0.1) is 21.4 Å². The number of aromatic carboxylic acids is 1. The number of allylic oxidation sites excluding steroid dienone is 1. The van der Waals surface area contributed by atoms with Crippen LogP contribution in [0.1, 0.15) is 21.7 Å². The molecule has 0 bridgehead atoms. The van der Waals surface area contributed by atoms with Gasteiger partial charge in [0, 0.05) is 17.7 Å². The summed E-state index contributed by atoms with van der Waals surface area (Å²) >= 11 is 0. The van der Waals surface area contributed by atoms with Gasteiger partial charge in [-0.1, -0.05) is 24.3 Å². The van der Waals surface area contributed by atoms with Gasteiger partial charge >= 0.3 is 5.97 Å². The van der Waals surface area contributed by atoms with Crippen molar-refractivity contribution >= 4 is 23.3 Å². The summed E-state index contributed by atoms with van der Waals surface area (Å²) in [5, 5.41) is 29.4. The molecule has 0 aliphatic carbocycles. The van der Waals surface area contributed by atoms with Crippen molar-refractivity contribution in [2.45, 2.75) is 0 Å². The van der Waals surface area contributed by atoms with Gasteiger partial charge in [-0.25, -0.2) is 4.79 Å². The van der Waals surface area contributed by atoms with Crippen molar-refractivity contribution in [2.75, 3.05) is 0 Å². The minimum atomic E-state index is -1.04. The van der Waals surface area contributed by atoms with Gasteiger partial charge in [-0.15, -0.1) is 0 Å². The largest absolute Gasteiger partial charge is 0.478 e. The number of carboxylic acids is 1. The molecule has 3 aromatic rings. The smallest absolute Gasteiger partial charge is 0.335 e. The van der Waals surface area contributed by atoms with Gasteiger partial charge in [0.1, 0.15) is 11.5 Å². The predicted molar refractivity (Wildman–Crippen MR) is 97.7 cm³/mol. The van der Waals surface area contributed by atoms with Crippen LogP contribution >= 0.6 is 0 Å². The molecule has 0 aliphatic rings. The highest BCUT2D eigenvalue weighted by Gasteiger charge is 2.11. The van der Waals surface area contributed by atoms with Gasteiger partial charge in [0.15, 0.2) is 0 Å². The van der Waals surface area contributed by atoms with E-state index in [1.807, 2.05) is 6.07 Å². The molecule has 0 saturated heterocycles. The van der Waals surface area contributed by atoms with Gasteiger partial charge in [0.05, 0.1) is 22.1 Å². The Hall–Kier alpha value is -4.18. The van der Waals surface area contributed by atoms with Gasteiger partial charge in [0.2, 0.25) is 0 Å². The molecule has 0 unspecified atom stereocenters. The van der Waals surface area contributed by atoms with Crippen molar-refractivity contribution < 1.29 is 19.2 Å². The van der Waals surface area contributed by atoms with E-state index in [0.717, 1.165) is 0 Å². The summed E-state index contributed by atoms with van der Waals surface area (Å²) in [7, 11) is 0. The second-order valence-electron chi connectivity index (χ2n) is 5.57. The molecule has 0 amide bonds. The van der Waals surface area contributed by atoms with E-state index in [2.05, 4.69) is 0 Å². The van der Waals surface area contributed by atoms with E-state index < -0.39 is 10.9 Å². The van der Waals surface area contributed by atoms with Gasteiger partial charge in [0.25, 0.3) is 5.69 Å². The number of benzene rings is 2. The number of nitro benzene ring substituents is 1. The number of non-ortho nitro benzene ring substituents is 1. The highest BCUT2D eigenvalue weighted by Crippen LogP contribution is 2.27. The molecule has 0 aliphatic heterocycles. The first-order valence-corrected chi connectivity index (χ1v) is 7.78. The summed E-state index contributed by atoms with van der Waals surface area (Å²) in [6.45, 7) is 0. The monoisotopic (exact) mass is 360 g/mol. The zero-order valence-electron chi connectivity index (χ0n) is 13.8. The number of carboxylic acid groups (broad SMARTS) is 1. The zero-order chi connectivity index (χ0) is 19.4. The third-order valence-electron chi connectivity index (χ3n) is 3.80. The summed E-state index contributed by atoms with van der Waals surface area (Å²) in [5.74, 6) is -0.226. The molecule has 0 radical (unpaired) electrons. The molecule has 1 N–H and O–H groups in total. The standard InChI is InChI=1S/C20H12N2O5/c21-12-16(13-3-2-6-17(10-13)22(25)26)11-18-7-8-19(27-18)14-4-1-5-15(9-14)20(23)24/h1-11H,(H,23,24). The van der Waals surface area contributed by atoms with E-state index >= 15 is 0 Å². The number of nitriles is 1. The molecule has 0 spiro atoms. The minimum absolute atomic E-state index is 0.112. The predicted octanol–water partition coefficient (Wildman–Crippen LogP) is 4.62. The molecule has 0 fully saturated rings. The first-order valence-electron chi connectivity index (χ1n) is 7.78. The van der Waals surface area contributed by atoms with Gasteiger partial charge in [-0.3, -0.25) is 10.1 Å². The van der Waals surface area contributed by atoms with E-state index in [1.165, 1.54) is 36.4 Å². The molecule has 3 rings (SSSR count). The Labute approximate surface area is 153 Å². The van der Waals surface area contributed by atoms with Crippen molar-refractivity contribution in [1.29, 1.82) is 5.26 Å². The Morgan fingerprint density at radius 2 is 1.85 bits per heavy atom. The Bertz CT molecular complexity index is 1110. The molecule has 1 aromatic heterocycles. The summed E-state index contributed by atoms with van der Waals surface area (Å²) in [6.07, 6.45) is 1.48. The van der Waals surface area contributed by atoms with Gasteiger partial charge < -0.3 is 9.52 Å². The van der Waals surface area contributed by atoms with Gasteiger partial charge in [-0.2, -0.15) is 5.26 Å². The topological polar surface area (TPSA) is 117 Å². The first kappa shape index (κ1) is 17.6. The van der Waals surface area contributed by atoms with E-state index in [4.69, 9.17) is 9.52 Å². The fourth-order valence-corrected chi connectivity index (χ4v) is 2.50. The molecule has 0 atom stereocenters. The maximum atomic E-state index is 11.1. The maximum absolute atomic E-state index is 11.1. The molecule has 1 heterocycles. The SMILES string of the molecule is N#CC(=Cc1ccc(-c2cccc(C(=O)O)c2)o1)c1cccc([N+](=O)[O-])c1. The van der Waals surface area contributed by atoms with Crippen LogP contribution < -0.4 is 0 Å². The van der Waals surface area contributed by atoms with Crippen molar-refractivity contribution in [3.63, 3.8) is 0 Å². The highest BCUT2D eigenvalue weighted by molar-refractivity contribution is 5.90. The number of nitro groups is 1. The van der Waals surface area contributed by atoms with Crippen molar-refractivity contribution in [3.8, 4) is 17.4 Å². The average Bonchev–Trinajstić information content (AvgIpc) is 3.15. The summed E-state index contributed by atoms with van der Waals surface area (Å²) in [6, 6.07) is 17.4. The van der Waals surface area contributed by atoms with Crippen LogP contribution in [0.4, 0.5) is 5.69 Å². The summed E-state index contributed by atoms with van der Waals surface area (Å²) < 4.78 is 5.68. The summed E-state index contributed by atoms with van der Waals surface area (Å²) in [4.78, 5) is 21.5. The molecule has 0 saturated carbocycles. The Kier molecular flexibility index (Phi) is 4.82. The third-order valence-corrected chi connectivity index (χ3v) is 3.80.